The van der Waals surface area contributed by atoms with E-state index < -0.39 is 5.41 Å². The number of carbonyl (C=O) groups excluding carboxylic acids is 1. The normalized spacial score (nSPS) is 11.4. The maximum absolute atomic E-state index is 12.3. The lowest BCUT2D eigenvalue weighted by atomic mass is 9.95. The first-order chi connectivity index (χ1) is 11.8. The summed E-state index contributed by atoms with van der Waals surface area (Å²) in [7, 11) is 0. The lowest BCUT2D eigenvalue weighted by Gasteiger charge is -2.18. The van der Waals surface area contributed by atoms with Gasteiger partial charge in [0.25, 0.3) is 0 Å². The number of aromatic nitrogens is 3. The number of carbonyl (C=O) groups is 1. The van der Waals surface area contributed by atoms with Gasteiger partial charge >= 0.3 is 0 Å². The number of nitrogens with one attached hydrogen (secondary N) is 1. The molecule has 3 aromatic rings. The van der Waals surface area contributed by atoms with Crippen LogP contribution in [-0.2, 0) is 4.79 Å². The Labute approximate surface area is 146 Å². The maximum Gasteiger partial charge on any atom is 0.245 e. The molecule has 0 aliphatic rings. The number of aryl methyl sites for hydroxylation is 1. The average Bonchev–Trinajstić information content (AvgIpc) is 2.56. The molecule has 1 amide bonds. The fraction of sp³-hybridized carbons (Fsp3) is 0.263. The molecule has 1 aromatic carbocycles. The van der Waals surface area contributed by atoms with Crippen LogP contribution >= 0.6 is 0 Å². The van der Waals surface area contributed by atoms with E-state index >= 15 is 0 Å². The Kier molecular flexibility index (Phi) is 4.35. The van der Waals surface area contributed by atoms with Crippen LogP contribution in [-0.4, -0.2) is 20.9 Å². The van der Waals surface area contributed by atoms with Gasteiger partial charge in [-0.3, -0.25) is 4.79 Å². The van der Waals surface area contributed by atoms with E-state index in [0.717, 1.165) is 16.5 Å². The highest BCUT2D eigenvalue weighted by molar-refractivity contribution is 5.95. The largest absolute Gasteiger partial charge is 0.418 e. The molecule has 6 heteroatoms. The van der Waals surface area contributed by atoms with Crippen LogP contribution in [0.2, 0.25) is 0 Å². The van der Waals surface area contributed by atoms with Crippen molar-refractivity contribution in [1.82, 2.24) is 15.0 Å². The van der Waals surface area contributed by atoms with E-state index in [9.17, 15) is 4.79 Å². The van der Waals surface area contributed by atoms with Crippen molar-refractivity contribution in [2.75, 3.05) is 5.32 Å². The summed E-state index contributed by atoms with van der Waals surface area (Å²) in [6.45, 7) is 7.53. The van der Waals surface area contributed by atoms with E-state index in [4.69, 9.17) is 4.74 Å². The first-order valence-electron chi connectivity index (χ1n) is 8.00. The summed E-state index contributed by atoms with van der Waals surface area (Å²) >= 11 is 0. The first kappa shape index (κ1) is 16.8. The molecule has 1 N–H and O–H groups in total. The van der Waals surface area contributed by atoms with Gasteiger partial charge < -0.3 is 10.1 Å². The molecule has 2 heterocycles. The number of ether oxygens (including phenoxy) is 1. The number of rotatable bonds is 3. The molecule has 128 valence electrons. The summed E-state index contributed by atoms with van der Waals surface area (Å²) in [4.78, 5) is 25.0. The van der Waals surface area contributed by atoms with Crippen LogP contribution in [0.15, 0.2) is 42.9 Å². The predicted octanol–water partition coefficient (Wildman–Crippen LogP) is 4.11. The summed E-state index contributed by atoms with van der Waals surface area (Å²) < 4.78 is 5.91. The summed E-state index contributed by atoms with van der Waals surface area (Å²) in [5.41, 5.74) is 1.84. The van der Waals surface area contributed by atoms with Gasteiger partial charge in [-0.15, -0.1) is 0 Å². The van der Waals surface area contributed by atoms with Crippen LogP contribution in [0.3, 0.4) is 0 Å². The summed E-state index contributed by atoms with van der Waals surface area (Å²) in [5.74, 6) is 0.578. The zero-order chi connectivity index (χ0) is 18.0. The van der Waals surface area contributed by atoms with Crippen LogP contribution in [0.4, 0.5) is 5.69 Å². The Balaban J connectivity index is 1.97. The number of anilines is 1. The fourth-order valence-electron chi connectivity index (χ4n) is 2.20. The van der Waals surface area contributed by atoms with Gasteiger partial charge in [0, 0.05) is 11.6 Å². The Morgan fingerprint density at radius 2 is 1.88 bits per heavy atom. The van der Waals surface area contributed by atoms with E-state index in [2.05, 4.69) is 20.3 Å². The topological polar surface area (TPSA) is 77.0 Å². The van der Waals surface area contributed by atoms with Crippen molar-refractivity contribution < 1.29 is 9.53 Å². The van der Waals surface area contributed by atoms with Gasteiger partial charge in [-0.25, -0.2) is 15.0 Å². The summed E-state index contributed by atoms with van der Waals surface area (Å²) in [6.07, 6.45) is 3.06. The van der Waals surface area contributed by atoms with Crippen molar-refractivity contribution in [3.05, 3.63) is 48.4 Å². The molecular formula is C19H20N4O2. The van der Waals surface area contributed by atoms with Crippen molar-refractivity contribution in [3.63, 3.8) is 0 Å². The molecule has 0 radical (unpaired) electrons. The van der Waals surface area contributed by atoms with Crippen molar-refractivity contribution in [2.24, 2.45) is 5.41 Å². The fourth-order valence-corrected chi connectivity index (χ4v) is 2.20. The van der Waals surface area contributed by atoms with Gasteiger partial charge in [-0.1, -0.05) is 32.4 Å². The highest BCUT2D eigenvalue weighted by Gasteiger charge is 2.23. The molecule has 0 fully saturated rings. The molecule has 2 aromatic heterocycles. The molecule has 0 saturated heterocycles. The van der Waals surface area contributed by atoms with Crippen LogP contribution in [0.5, 0.6) is 11.8 Å². The quantitative estimate of drug-likeness (QED) is 0.779. The molecular weight excluding hydrogens is 316 g/mol. The van der Waals surface area contributed by atoms with Gasteiger partial charge in [0.05, 0.1) is 10.9 Å². The Hall–Kier alpha value is -3.02. The van der Waals surface area contributed by atoms with Crippen molar-refractivity contribution in [1.29, 1.82) is 0 Å². The van der Waals surface area contributed by atoms with Crippen LogP contribution in [0, 0.1) is 12.3 Å². The summed E-state index contributed by atoms with van der Waals surface area (Å²) in [5, 5.41) is 3.65. The lowest BCUT2D eigenvalue weighted by molar-refractivity contribution is -0.123. The van der Waals surface area contributed by atoms with Crippen molar-refractivity contribution >= 4 is 22.5 Å². The van der Waals surface area contributed by atoms with Gasteiger partial charge in [-0.2, -0.15) is 0 Å². The zero-order valence-corrected chi connectivity index (χ0v) is 14.7. The zero-order valence-electron chi connectivity index (χ0n) is 14.7. The second-order valence-electron chi connectivity index (χ2n) is 6.86. The minimum Gasteiger partial charge on any atom is -0.418 e. The first-order valence-corrected chi connectivity index (χ1v) is 8.00. The number of benzene rings is 1. The number of nitrogens with zero attached hydrogens (tertiary/aromatic N) is 3. The lowest BCUT2D eigenvalue weighted by Crippen LogP contribution is -2.27. The molecule has 25 heavy (non-hydrogen) atoms. The predicted molar refractivity (Wildman–Crippen MR) is 96.7 cm³/mol. The Bertz CT molecular complexity index is 932. The minimum atomic E-state index is -0.522. The molecule has 6 nitrogen and oxygen atoms in total. The van der Waals surface area contributed by atoms with Crippen LogP contribution < -0.4 is 10.1 Å². The van der Waals surface area contributed by atoms with Crippen molar-refractivity contribution in [2.45, 2.75) is 27.7 Å². The molecule has 3 rings (SSSR count). The number of hydrogen-bond donors (Lipinski definition) is 1. The van der Waals surface area contributed by atoms with Gasteiger partial charge in [0.1, 0.15) is 12.0 Å². The van der Waals surface area contributed by atoms with Crippen LogP contribution in [0.25, 0.3) is 10.9 Å². The SMILES string of the molecule is Cc1ccc2ncnc(Oc3ncccc3NC(=O)C(C)(C)C)c2c1. The van der Waals surface area contributed by atoms with E-state index in [1.165, 1.54) is 6.33 Å². The number of amides is 1. The minimum absolute atomic E-state index is 0.117. The van der Waals surface area contributed by atoms with Crippen molar-refractivity contribution in [3.8, 4) is 11.8 Å². The van der Waals surface area contributed by atoms with Crippen LogP contribution in [0.1, 0.15) is 26.3 Å². The standard InChI is InChI=1S/C19H20N4O2/c1-12-7-8-14-13(10-12)16(22-11-21-14)25-17-15(6-5-9-20-17)23-18(24)19(2,3)4/h5-11H,1-4H3,(H,23,24). The Morgan fingerprint density at radius 1 is 1.08 bits per heavy atom. The molecule has 0 unspecified atom stereocenters. The van der Waals surface area contributed by atoms with Gasteiger partial charge in [0.2, 0.25) is 17.7 Å². The monoisotopic (exact) mass is 336 g/mol. The second kappa shape index (κ2) is 6.47. The van der Waals surface area contributed by atoms with E-state index in [1.807, 2.05) is 45.9 Å². The molecule has 0 aliphatic carbocycles. The smallest absolute Gasteiger partial charge is 0.245 e. The number of hydrogen-bond acceptors (Lipinski definition) is 5. The summed E-state index contributed by atoms with van der Waals surface area (Å²) in [6, 6.07) is 9.35. The average molecular weight is 336 g/mol. The number of pyridine rings is 1. The highest BCUT2D eigenvalue weighted by atomic mass is 16.5. The molecule has 0 saturated carbocycles. The molecule has 0 bridgehead atoms. The number of fused-ring (bicyclic) bond motifs is 1. The van der Waals surface area contributed by atoms with Gasteiger partial charge in [0.15, 0.2) is 0 Å². The third kappa shape index (κ3) is 3.74. The molecule has 0 atom stereocenters. The Morgan fingerprint density at radius 3 is 2.64 bits per heavy atom. The third-order valence-electron chi connectivity index (χ3n) is 3.65. The van der Waals surface area contributed by atoms with E-state index in [1.54, 1.807) is 18.3 Å². The maximum atomic E-state index is 12.3. The molecule has 0 spiro atoms. The third-order valence-corrected chi connectivity index (χ3v) is 3.65. The van der Waals surface area contributed by atoms with E-state index in [-0.39, 0.29) is 5.91 Å². The van der Waals surface area contributed by atoms with E-state index in [0.29, 0.717) is 17.4 Å². The highest BCUT2D eigenvalue weighted by Crippen LogP contribution is 2.31. The second-order valence-corrected chi connectivity index (χ2v) is 6.86. The molecule has 0 aliphatic heterocycles. The van der Waals surface area contributed by atoms with Gasteiger partial charge in [-0.05, 0) is 31.2 Å².